The molecular weight excluding hydrogens is 470 g/mol. The third kappa shape index (κ3) is 5.18. The first-order valence-electron chi connectivity index (χ1n) is 12.9. The van der Waals surface area contributed by atoms with Crippen LogP contribution in [-0.4, -0.2) is 24.9 Å². The van der Waals surface area contributed by atoms with E-state index < -0.39 is 17.3 Å². The van der Waals surface area contributed by atoms with E-state index in [1.807, 2.05) is 97.9 Å². The second-order valence-electron chi connectivity index (χ2n) is 9.56. The van der Waals surface area contributed by atoms with Gasteiger partial charge >= 0.3 is 0 Å². The average Bonchev–Trinajstić information content (AvgIpc) is 3.38. The van der Waals surface area contributed by atoms with E-state index in [0.717, 1.165) is 27.8 Å². The Morgan fingerprint density at radius 3 is 1.68 bits per heavy atom. The van der Waals surface area contributed by atoms with E-state index in [0.29, 0.717) is 13.2 Å². The Bertz CT molecular complexity index is 1280. The normalized spacial score (nSPS) is 17.9. The summed E-state index contributed by atoms with van der Waals surface area (Å²) >= 11 is 0. The lowest BCUT2D eigenvalue weighted by Crippen LogP contribution is -2.47. The first-order valence-corrected chi connectivity index (χ1v) is 12.9. The van der Waals surface area contributed by atoms with Crippen LogP contribution in [0.2, 0.25) is 0 Å². The van der Waals surface area contributed by atoms with Gasteiger partial charge in [-0.25, -0.2) is 0 Å². The topological polar surface area (TPSA) is 51.5 Å². The van der Waals surface area contributed by atoms with E-state index in [1.165, 1.54) is 0 Å². The maximum absolute atomic E-state index is 10.3. The molecule has 4 heteroatoms. The predicted molar refractivity (Wildman–Crippen MR) is 148 cm³/mol. The zero-order valence-electron chi connectivity index (χ0n) is 21.5. The molecule has 0 saturated carbocycles. The fourth-order valence-electron chi connectivity index (χ4n) is 5.04. The van der Waals surface area contributed by atoms with E-state index in [1.54, 1.807) is 0 Å². The molecule has 0 bridgehead atoms. The van der Waals surface area contributed by atoms with Gasteiger partial charge in [0.15, 0.2) is 0 Å². The molecule has 0 saturated heterocycles. The van der Waals surface area contributed by atoms with Crippen LogP contribution in [0.1, 0.15) is 29.2 Å². The van der Waals surface area contributed by atoms with Crippen LogP contribution in [0.15, 0.2) is 133 Å². The second-order valence-corrected chi connectivity index (χ2v) is 9.56. The Morgan fingerprint density at radius 2 is 1.26 bits per heavy atom. The number of rotatable bonds is 10. The van der Waals surface area contributed by atoms with Gasteiger partial charge in [-0.1, -0.05) is 121 Å². The molecule has 1 aliphatic heterocycles. The average molecular weight is 502 g/mol. The van der Waals surface area contributed by atoms with Crippen molar-refractivity contribution in [1.82, 2.24) is 0 Å². The van der Waals surface area contributed by atoms with Gasteiger partial charge in [0, 0.05) is 0 Å². The molecule has 0 unspecified atom stereocenters. The van der Waals surface area contributed by atoms with E-state index in [9.17, 15) is 5.26 Å². The molecule has 4 nitrogen and oxygen atoms in total. The summed E-state index contributed by atoms with van der Waals surface area (Å²) in [4.78, 5) is 0. The maximum Gasteiger partial charge on any atom is 0.201 e. The van der Waals surface area contributed by atoms with E-state index in [4.69, 9.17) is 14.2 Å². The molecule has 0 fully saturated rings. The summed E-state index contributed by atoms with van der Waals surface area (Å²) in [6.07, 6.45) is 1.21. The fourth-order valence-corrected chi connectivity index (χ4v) is 5.04. The zero-order valence-corrected chi connectivity index (χ0v) is 21.5. The lowest BCUT2D eigenvalue weighted by atomic mass is 9.80. The minimum absolute atomic E-state index is 0.128. The van der Waals surface area contributed by atoms with Gasteiger partial charge in [-0.3, -0.25) is 0 Å². The number of hydrogen-bond donors (Lipinski definition) is 0. The molecule has 0 radical (unpaired) electrons. The Morgan fingerprint density at radius 1 is 0.789 bits per heavy atom. The van der Waals surface area contributed by atoms with Gasteiger partial charge in [0.1, 0.15) is 17.8 Å². The van der Waals surface area contributed by atoms with Gasteiger partial charge in [0.25, 0.3) is 0 Å². The van der Waals surface area contributed by atoms with Crippen LogP contribution >= 0.6 is 0 Å². The monoisotopic (exact) mass is 501 g/mol. The summed E-state index contributed by atoms with van der Waals surface area (Å²) in [5.41, 5.74) is 2.82. The Balaban J connectivity index is 1.58. The van der Waals surface area contributed by atoms with Crippen molar-refractivity contribution < 1.29 is 14.2 Å². The minimum atomic E-state index is -1.24. The van der Waals surface area contributed by atoms with Crippen LogP contribution in [0.5, 0.6) is 0 Å². The maximum atomic E-state index is 10.3. The third-order valence-electron chi connectivity index (χ3n) is 6.94. The number of ether oxygens (including phenoxy) is 3. The lowest BCUT2D eigenvalue weighted by Gasteiger charge is -2.38. The largest absolute Gasteiger partial charge is 0.367 e. The number of nitrogens with zero attached hydrogens (tertiary/aromatic N) is 1. The van der Waals surface area contributed by atoms with Crippen molar-refractivity contribution in [2.75, 3.05) is 13.2 Å². The zero-order chi connectivity index (χ0) is 26.3. The highest BCUT2D eigenvalue weighted by molar-refractivity contribution is 5.47. The van der Waals surface area contributed by atoms with E-state index in [2.05, 4.69) is 42.5 Å². The molecule has 0 spiro atoms. The van der Waals surface area contributed by atoms with Crippen molar-refractivity contribution >= 4 is 0 Å². The summed E-state index contributed by atoms with van der Waals surface area (Å²) < 4.78 is 19.5. The molecule has 4 aromatic rings. The molecule has 5 rings (SSSR count). The smallest absolute Gasteiger partial charge is 0.201 e. The Hall–Kier alpha value is -4.01. The summed E-state index contributed by atoms with van der Waals surface area (Å²) in [5, 5.41) is 10.3. The Labute approximate surface area is 224 Å². The molecule has 0 amide bonds. The van der Waals surface area contributed by atoms with Crippen molar-refractivity contribution in [3.63, 3.8) is 0 Å². The Kier molecular flexibility index (Phi) is 7.81. The van der Waals surface area contributed by atoms with Crippen molar-refractivity contribution in [2.24, 2.45) is 0 Å². The number of nitriles is 1. The van der Waals surface area contributed by atoms with Crippen molar-refractivity contribution in [1.29, 1.82) is 5.26 Å². The second kappa shape index (κ2) is 11.6. The van der Waals surface area contributed by atoms with Gasteiger partial charge in [0.2, 0.25) is 5.60 Å². The molecule has 38 heavy (non-hydrogen) atoms. The summed E-state index contributed by atoms with van der Waals surface area (Å²) in [7, 11) is 0. The highest BCUT2D eigenvalue weighted by atomic mass is 16.6. The molecule has 1 aliphatic rings. The quantitative estimate of drug-likeness (QED) is 0.177. The summed E-state index contributed by atoms with van der Waals surface area (Å²) in [6, 6.07) is 42.9. The van der Waals surface area contributed by atoms with Crippen LogP contribution in [0, 0.1) is 11.3 Å². The first-order chi connectivity index (χ1) is 18.7. The third-order valence-corrected chi connectivity index (χ3v) is 6.94. The van der Waals surface area contributed by atoms with E-state index >= 15 is 0 Å². The van der Waals surface area contributed by atoms with Gasteiger partial charge in [-0.05, 0) is 40.8 Å². The molecular formula is C34H31NO3. The first kappa shape index (κ1) is 25.6. The molecule has 0 N–H and O–H groups in total. The van der Waals surface area contributed by atoms with Crippen molar-refractivity contribution in [3.05, 3.63) is 155 Å². The fraction of sp³-hybridized carbons (Fsp3) is 0.206. The van der Waals surface area contributed by atoms with Crippen LogP contribution in [-0.2, 0) is 26.4 Å². The van der Waals surface area contributed by atoms with Gasteiger partial charge < -0.3 is 14.2 Å². The van der Waals surface area contributed by atoms with Crippen LogP contribution in [0.25, 0.3) is 0 Å². The van der Waals surface area contributed by atoms with Gasteiger partial charge in [0.05, 0.1) is 19.8 Å². The molecule has 0 aromatic heterocycles. The van der Waals surface area contributed by atoms with Crippen LogP contribution < -0.4 is 0 Å². The SMILES string of the molecule is CC1=C[C@](C#N)([C@H](COC(c2ccccc2)(c2ccccc2)c2ccccc2)OCc2ccccc2)OC1. The van der Waals surface area contributed by atoms with E-state index in [-0.39, 0.29) is 6.61 Å². The molecule has 0 aliphatic carbocycles. The summed E-state index contributed by atoms with van der Waals surface area (Å²) in [6.45, 7) is 2.82. The minimum Gasteiger partial charge on any atom is -0.367 e. The number of benzene rings is 4. The molecule has 4 aromatic carbocycles. The van der Waals surface area contributed by atoms with Crippen LogP contribution in [0.3, 0.4) is 0 Å². The van der Waals surface area contributed by atoms with Gasteiger partial charge in [-0.15, -0.1) is 0 Å². The van der Waals surface area contributed by atoms with Crippen molar-refractivity contribution in [3.8, 4) is 6.07 Å². The molecule has 2 atom stereocenters. The standard InChI is InChI=1S/C34H31NO3/c1-27-22-33(26-35,37-23-27)32(36-24-28-14-6-2-7-15-28)25-38-34(29-16-8-3-9-17-29,30-18-10-4-11-19-30)31-20-12-5-13-21-31/h2-22,32H,23-25H2,1H3/t32-,33-/m0/s1. The highest BCUT2D eigenvalue weighted by Gasteiger charge is 2.46. The van der Waals surface area contributed by atoms with Crippen LogP contribution in [0.4, 0.5) is 0 Å². The van der Waals surface area contributed by atoms with Crippen molar-refractivity contribution in [2.45, 2.75) is 30.8 Å². The predicted octanol–water partition coefficient (Wildman–Crippen LogP) is 6.82. The summed E-state index contributed by atoms with van der Waals surface area (Å²) in [5.74, 6) is 0. The number of hydrogen-bond acceptors (Lipinski definition) is 4. The highest BCUT2D eigenvalue weighted by Crippen LogP contribution is 2.41. The lowest BCUT2D eigenvalue weighted by molar-refractivity contribution is -0.132. The molecule has 1 heterocycles. The van der Waals surface area contributed by atoms with Gasteiger partial charge in [-0.2, -0.15) is 5.26 Å². The molecule has 190 valence electrons.